The van der Waals surface area contributed by atoms with Gasteiger partial charge in [-0.3, -0.25) is 4.79 Å². The number of hydrogen-bond donors (Lipinski definition) is 1. The number of carbonyl (C=O) groups excluding carboxylic acids is 1. The molecule has 0 spiro atoms. The van der Waals surface area contributed by atoms with Crippen molar-refractivity contribution in [1.82, 2.24) is 5.32 Å². The zero-order valence-corrected chi connectivity index (χ0v) is 12.4. The molecule has 1 aromatic carbocycles. The minimum atomic E-state index is -0.269. The van der Waals surface area contributed by atoms with Gasteiger partial charge in [0.2, 0.25) is 0 Å². The van der Waals surface area contributed by atoms with Crippen LogP contribution in [0.1, 0.15) is 32.8 Å². The topological polar surface area (TPSA) is 38.3 Å². The Morgan fingerprint density at radius 2 is 1.89 bits per heavy atom. The van der Waals surface area contributed by atoms with Crippen molar-refractivity contribution >= 4 is 5.97 Å². The van der Waals surface area contributed by atoms with Crippen LogP contribution >= 0.6 is 0 Å². The zero-order chi connectivity index (χ0) is 14.3. The van der Waals surface area contributed by atoms with Crippen molar-refractivity contribution in [3.05, 3.63) is 35.9 Å². The molecule has 0 amide bonds. The lowest BCUT2D eigenvalue weighted by Crippen LogP contribution is -2.40. The summed E-state index contributed by atoms with van der Waals surface area (Å²) in [6.45, 7) is 7.40. The molecule has 0 radical (unpaired) electrons. The van der Waals surface area contributed by atoms with Crippen LogP contribution in [0.5, 0.6) is 0 Å². The first-order valence-corrected chi connectivity index (χ1v) is 6.77. The number of esters is 1. The maximum Gasteiger partial charge on any atom is 0.323 e. The van der Waals surface area contributed by atoms with Gasteiger partial charge in [-0.05, 0) is 30.4 Å². The van der Waals surface area contributed by atoms with Gasteiger partial charge in [0.1, 0.15) is 6.04 Å². The van der Waals surface area contributed by atoms with Crippen LogP contribution < -0.4 is 5.32 Å². The molecule has 3 nitrogen and oxygen atoms in total. The highest BCUT2D eigenvalue weighted by atomic mass is 16.5. The maximum absolute atomic E-state index is 11.8. The van der Waals surface area contributed by atoms with Gasteiger partial charge in [0, 0.05) is 0 Å². The molecular formula is C16H25NO2. The summed E-state index contributed by atoms with van der Waals surface area (Å²) in [4.78, 5) is 11.8. The third-order valence-corrected chi connectivity index (χ3v) is 3.03. The fourth-order valence-corrected chi connectivity index (χ4v) is 1.85. The van der Waals surface area contributed by atoms with Crippen molar-refractivity contribution in [1.29, 1.82) is 0 Å². The molecule has 1 atom stereocenters. The third kappa shape index (κ3) is 6.39. The summed E-state index contributed by atoms with van der Waals surface area (Å²) in [5.41, 5.74) is 1.40. The monoisotopic (exact) mass is 263 g/mol. The fraction of sp³-hybridized carbons (Fsp3) is 0.562. The van der Waals surface area contributed by atoms with E-state index in [0.717, 1.165) is 18.5 Å². The van der Waals surface area contributed by atoms with Crippen LogP contribution in [-0.4, -0.2) is 25.7 Å². The van der Waals surface area contributed by atoms with Crippen LogP contribution in [0, 0.1) is 5.41 Å². The minimum Gasteiger partial charge on any atom is -0.468 e. The van der Waals surface area contributed by atoms with E-state index in [1.165, 1.54) is 7.11 Å². The predicted octanol–water partition coefficient (Wildman–Crippen LogP) is 2.80. The van der Waals surface area contributed by atoms with E-state index in [4.69, 9.17) is 4.74 Å². The molecule has 0 bridgehead atoms. The van der Waals surface area contributed by atoms with Gasteiger partial charge in [-0.25, -0.2) is 0 Å². The van der Waals surface area contributed by atoms with E-state index in [9.17, 15) is 4.79 Å². The first kappa shape index (κ1) is 15.7. The van der Waals surface area contributed by atoms with Crippen molar-refractivity contribution in [3.63, 3.8) is 0 Å². The molecule has 1 rings (SSSR count). The summed E-state index contributed by atoms with van der Waals surface area (Å²) < 4.78 is 4.87. The van der Waals surface area contributed by atoms with Crippen LogP contribution in [0.4, 0.5) is 0 Å². The molecule has 1 N–H and O–H groups in total. The summed E-state index contributed by atoms with van der Waals surface area (Å²) >= 11 is 0. The van der Waals surface area contributed by atoms with Crippen molar-refractivity contribution in [3.8, 4) is 0 Å². The molecular weight excluding hydrogens is 238 g/mol. The number of methoxy groups -OCH3 is 1. The van der Waals surface area contributed by atoms with Crippen LogP contribution in [0.15, 0.2) is 30.3 Å². The molecule has 0 aromatic heterocycles. The zero-order valence-electron chi connectivity index (χ0n) is 12.4. The number of nitrogens with one attached hydrogen (secondary N) is 1. The Hall–Kier alpha value is -1.35. The van der Waals surface area contributed by atoms with E-state index in [-0.39, 0.29) is 17.4 Å². The van der Waals surface area contributed by atoms with Gasteiger partial charge < -0.3 is 10.1 Å². The van der Waals surface area contributed by atoms with Gasteiger partial charge >= 0.3 is 5.97 Å². The molecule has 19 heavy (non-hydrogen) atoms. The maximum atomic E-state index is 11.8. The third-order valence-electron chi connectivity index (χ3n) is 3.03. The Morgan fingerprint density at radius 1 is 1.26 bits per heavy atom. The van der Waals surface area contributed by atoms with E-state index in [2.05, 4.69) is 26.1 Å². The summed E-state index contributed by atoms with van der Waals surface area (Å²) in [6, 6.07) is 9.74. The van der Waals surface area contributed by atoms with Crippen molar-refractivity contribution in [2.75, 3.05) is 13.7 Å². The molecule has 0 aliphatic heterocycles. The Bertz CT molecular complexity index is 381. The second kappa shape index (κ2) is 7.29. The van der Waals surface area contributed by atoms with E-state index >= 15 is 0 Å². The number of carbonyl (C=O) groups is 1. The van der Waals surface area contributed by atoms with Crippen LogP contribution in [0.3, 0.4) is 0 Å². The van der Waals surface area contributed by atoms with Gasteiger partial charge in [0.25, 0.3) is 0 Å². The summed E-state index contributed by atoms with van der Waals surface area (Å²) in [5.74, 6) is -0.197. The highest BCUT2D eigenvalue weighted by Gasteiger charge is 2.20. The van der Waals surface area contributed by atoms with Crippen molar-refractivity contribution < 1.29 is 9.53 Å². The van der Waals surface area contributed by atoms with Crippen molar-refractivity contribution in [2.45, 2.75) is 39.7 Å². The second-order valence-corrected chi connectivity index (χ2v) is 6.03. The largest absolute Gasteiger partial charge is 0.468 e. The SMILES string of the molecule is COC(=O)C(Cc1ccccc1)NCCC(C)(C)C. The lowest BCUT2D eigenvalue weighted by Gasteiger charge is -2.21. The van der Waals surface area contributed by atoms with Gasteiger partial charge in [0.05, 0.1) is 7.11 Å². The summed E-state index contributed by atoms with van der Waals surface area (Å²) in [6.07, 6.45) is 1.69. The molecule has 1 aromatic rings. The lowest BCUT2D eigenvalue weighted by atomic mass is 9.92. The summed E-state index contributed by atoms with van der Waals surface area (Å²) in [7, 11) is 1.44. The molecule has 0 aliphatic carbocycles. The van der Waals surface area contributed by atoms with Crippen LogP contribution in [0.2, 0.25) is 0 Å². The van der Waals surface area contributed by atoms with Gasteiger partial charge in [-0.1, -0.05) is 51.1 Å². The molecule has 0 heterocycles. The predicted molar refractivity (Wildman–Crippen MR) is 78.0 cm³/mol. The number of hydrogen-bond acceptors (Lipinski definition) is 3. The molecule has 0 saturated heterocycles. The normalized spacial score (nSPS) is 13.1. The first-order valence-electron chi connectivity index (χ1n) is 6.77. The van der Waals surface area contributed by atoms with E-state index in [1.54, 1.807) is 0 Å². The molecule has 1 unspecified atom stereocenters. The van der Waals surface area contributed by atoms with Gasteiger partial charge in [-0.15, -0.1) is 0 Å². The number of benzene rings is 1. The van der Waals surface area contributed by atoms with Crippen LogP contribution in [-0.2, 0) is 16.0 Å². The van der Waals surface area contributed by atoms with Gasteiger partial charge in [0.15, 0.2) is 0 Å². The summed E-state index contributed by atoms with van der Waals surface area (Å²) in [5, 5.41) is 3.30. The standard InChI is InChI=1S/C16H25NO2/c1-16(2,3)10-11-17-14(15(18)19-4)12-13-8-6-5-7-9-13/h5-9,14,17H,10-12H2,1-4H3. The fourth-order valence-electron chi connectivity index (χ4n) is 1.85. The molecule has 106 valence electrons. The number of ether oxygens (including phenoxy) is 1. The van der Waals surface area contributed by atoms with Crippen molar-refractivity contribution in [2.24, 2.45) is 5.41 Å². The van der Waals surface area contributed by atoms with E-state index < -0.39 is 0 Å². The van der Waals surface area contributed by atoms with E-state index in [1.807, 2.05) is 30.3 Å². The van der Waals surface area contributed by atoms with Gasteiger partial charge in [-0.2, -0.15) is 0 Å². The highest BCUT2D eigenvalue weighted by Crippen LogP contribution is 2.17. The molecule has 0 fully saturated rings. The smallest absolute Gasteiger partial charge is 0.323 e. The average Bonchev–Trinajstić information content (AvgIpc) is 2.36. The Labute approximate surface area is 116 Å². The average molecular weight is 263 g/mol. The highest BCUT2D eigenvalue weighted by molar-refractivity contribution is 5.76. The van der Waals surface area contributed by atoms with E-state index in [0.29, 0.717) is 6.42 Å². The first-order chi connectivity index (χ1) is 8.92. The second-order valence-electron chi connectivity index (χ2n) is 6.03. The lowest BCUT2D eigenvalue weighted by molar-refractivity contribution is -0.143. The number of rotatable bonds is 6. The Kier molecular flexibility index (Phi) is 6.03. The molecule has 3 heteroatoms. The Morgan fingerprint density at radius 3 is 2.42 bits per heavy atom. The van der Waals surface area contributed by atoms with Crippen LogP contribution in [0.25, 0.3) is 0 Å². The molecule has 0 aliphatic rings. The minimum absolute atomic E-state index is 0.197. The quantitative estimate of drug-likeness (QED) is 0.802. The molecule has 0 saturated carbocycles. The Balaban J connectivity index is 2.55.